The van der Waals surface area contributed by atoms with Gasteiger partial charge in [-0.3, -0.25) is 4.90 Å². The highest BCUT2D eigenvalue weighted by Crippen LogP contribution is 2.34. The summed E-state index contributed by atoms with van der Waals surface area (Å²) in [7, 11) is 1.65. The van der Waals surface area contributed by atoms with Gasteiger partial charge in [-0.15, -0.1) is 0 Å². The zero-order valence-corrected chi connectivity index (χ0v) is 23.7. The monoisotopic (exact) mass is 525 g/mol. The van der Waals surface area contributed by atoms with Crippen LogP contribution in [0.4, 0.5) is 0 Å². The van der Waals surface area contributed by atoms with Crippen LogP contribution in [0.25, 0.3) is 11.4 Å². The van der Waals surface area contributed by atoms with Crippen LogP contribution in [0.2, 0.25) is 0 Å². The standard InChI is InChI=1S/C34H43N3O2/c1-4-6-18-31(32-23-35-34(37(32)21-7-5-2)29-16-12-9-13-17-29)36(24-27-14-10-8-11-15-27)25-28-19-20-33(39-3)30(22-28)26-38/h8-17,19-20,22-23,31,38H,4-7,18,21,24-26H2,1-3H3. The van der Waals surface area contributed by atoms with E-state index < -0.39 is 0 Å². The molecule has 0 fully saturated rings. The van der Waals surface area contributed by atoms with Crippen LogP contribution in [0.1, 0.15) is 74.4 Å². The third-order valence-corrected chi connectivity index (χ3v) is 7.40. The molecule has 206 valence electrons. The van der Waals surface area contributed by atoms with Gasteiger partial charge in [0.2, 0.25) is 0 Å². The average molecular weight is 526 g/mol. The van der Waals surface area contributed by atoms with Crippen molar-refractivity contribution in [3.8, 4) is 17.1 Å². The Kier molecular flexibility index (Phi) is 10.8. The number of rotatable bonds is 15. The molecule has 0 radical (unpaired) electrons. The predicted octanol–water partition coefficient (Wildman–Crippen LogP) is 7.78. The summed E-state index contributed by atoms with van der Waals surface area (Å²) >= 11 is 0. The lowest BCUT2D eigenvalue weighted by Crippen LogP contribution is -2.30. The lowest BCUT2D eigenvalue weighted by molar-refractivity contribution is 0.159. The van der Waals surface area contributed by atoms with Crippen LogP contribution in [0.15, 0.2) is 85.1 Å². The maximum absolute atomic E-state index is 9.97. The number of aliphatic hydroxyl groups is 1. The Morgan fingerprint density at radius 1 is 0.872 bits per heavy atom. The Labute approximate surface area is 234 Å². The molecule has 1 unspecified atom stereocenters. The molecule has 5 nitrogen and oxygen atoms in total. The number of hydrogen-bond donors (Lipinski definition) is 1. The van der Waals surface area contributed by atoms with Gasteiger partial charge in [-0.25, -0.2) is 4.98 Å². The minimum Gasteiger partial charge on any atom is -0.496 e. The number of imidazole rings is 1. The van der Waals surface area contributed by atoms with Crippen LogP contribution in [-0.4, -0.2) is 26.7 Å². The summed E-state index contributed by atoms with van der Waals surface area (Å²) < 4.78 is 7.94. The van der Waals surface area contributed by atoms with Crippen LogP contribution in [0.3, 0.4) is 0 Å². The summed E-state index contributed by atoms with van der Waals surface area (Å²) in [6.45, 7) is 7.01. The van der Waals surface area contributed by atoms with Gasteiger partial charge >= 0.3 is 0 Å². The van der Waals surface area contributed by atoms with Crippen molar-refractivity contribution in [3.05, 3.63) is 107 Å². The molecular weight excluding hydrogens is 482 g/mol. The molecule has 1 atom stereocenters. The summed E-state index contributed by atoms with van der Waals surface area (Å²) in [6, 6.07) is 27.7. The van der Waals surface area contributed by atoms with Gasteiger partial charge in [0.15, 0.2) is 0 Å². The van der Waals surface area contributed by atoms with Crippen molar-refractivity contribution in [2.45, 2.75) is 78.2 Å². The van der Waals surface area contributed by atoms with Gasteiger partial charge in [-0.2, -0.15) is 0 Å². The Bertz CT molecular complexity index is 1270. The van der Waals surface area contributed by atoms with Crippen molar-refractivity contribution >= 4 is 0 Å². The number of benzene rings is 3. The summed E-state index contributed by atoms with van der Waals surface area (Å²) in [4.78, 5) is 7.59. The minimum atomic E-state index is -0.0425. The first kappa shape index (κ1) is 28.6. The van der Waals surface area contributed by atoms with E-state index in [9.17, 15) is 5.11 Å². The fraction of sp³-hybridized carbons (Fsp3) is 0.382. The summed E-state index contributed by atoms with van der Waals surface area (Å²) in [5.74, 6) is 1.77. The van der Waals surface area contributed by atoms with Gasteiger partial charge in [0.25, 0.3) is 0 Å². The topological polar surface area (TPSA) is 50.5 Å². The molecule has 1 N–H and O–H groups in total. The van der Waals surface area contributed by atoms with Gasteiger partial charge in [0.05, 0.1) is 31.6 Å². The molecule has 5 heteroatoms. The SMILES string of the molecule is CCCCC(c1cnc(-c2ccccc2)n1CCCC)N(Cc1ccccc1)Cc1ccc(OC)c(CO)c1. The number of aromatic nitrogens is 2. The Morgan fingerprint density at radius 2 is 1.56 bits per heavy atom. The van der Waals surface area contributed by atoms with E-state index >= 15 is 0 Å². The van der Waals surface area contributed by atoms with E-state index in [1.165, 1.54) is 16.8 Å². The second kappa shape index (κ2) is 14.7. The first-order valence-corrected chi connectivity index (χ1v) is 14.3. The molecule has 1 heterocycles. The van der Waals surface area contributed by atoms with Crippen molar-refractivity contribution in [2.24, 2.45) is 0 Å². The van der Waals surface area contributed by atoms with Gasteiger partial charge in [0.1, 0.15) is 11.6 Å². The third-order valence-electron chi connectivity index (χ3n) is 7.40. The second-order valence-electron chi connectivity index (χ2n) is 10.2. The highest BCUT2D eigenvalue weighted by molar-refractivity contribution is 5.56. The summed E-state index contributed by atoms with van der Waals surface area (Å²) in [6.07, 6.45) is 7.69. The minimum absolute atomic E-state index is 0.0425. The molecule has 0 saturated heterocycles. The molecule has 0 spiro atoms. The lowest BCUT2D eigenvalue weighted by Gasteiger charge is -2.33. The van der Waals surface area contributed by atoms with E-state index in [1.807, 2.05) is 6.07 Å². The smallest absolute Gasteiger partial charge is 0.140 e. The van der Waals surface area contributed by atoms with E-state index in [0.29, 0.717) is 0 Å². The normalized spacial score (nSPS) is 12.1. The average Bonchev–Trinajstić information content (AvgIpc) is 3.40. The highest BCUT2D eigenvalue weighted by atomic mass is 16.5. The number of hydrogen-bond acceptors (Lipinski definition) is 4. The third kappa shape index (κ3) is 7.37. The number of methoxy groups -OCH3 is 1. The van der Waals surface area contributed by atoms with E-state index in [-0.39, 0.29) is 12.6 Å². The van der Waals surface area contributed by atoms with Crippen molar-refractivity contribution in [3.63, 3.8) is 0 Å². The van der Waals surface area contributed by atoms with Crippen LogP contribution in [0.5, 0.6) is 5.75 Å². The van der Waals surface area contributed by atoms with E-state index in [0.717, 1.165) is 74.4 Å². The fourth-order valence-electron chi connectivity index (χ4n) is 5.32. The van der Waals surface area contributed by atoms with Gasteiger partial charge in [-0.05, 0) is 36.1 Å². The molecule has 0 aliphatic rings. The van der Waals surface area contributed by atoms with Crippen LogP contribution in [-0.2, 0) is 26.2 Å². The molecule has 0 amide bonds. The Morgan fingerprint density at radius 3 is 2.23 bits per heavy atom. The molecule has 39 heavy (non-hydrogen) atoms. The molecule has 0 saturated carbocycles. The fourth-order valence-corrected chi connectivity index (χ4v) is 5.32. The number of unbranched alkanes of at least 4 members (excludes halogenated alkanes) is 2. The zero-order chi connectivity index (χ0) is 27.5. The molecule has 0 aliphatic heterocycles. The lowest BCUT2D eigenvalue weighted by atomic mass is 10.0. The Balaban J connectivity index is 1.78. The summed E-state index contributed by atoms with van der Waals surface area (Å²) in [5.41, 5.74) is 5.71. The molecule has 0 aliphatic carbocycles. The number of nitrogens with zero attached hydrogens (tertiary/aromatic N) is 3. The van der Waals surface area contributed by atoms with Crippen LogP contribution >= 0.6 is 0 Å². The van der Waals surface area contributed by atoms with E-state index in [2.05, 4.69) is 102 Å². The highest BCUT2D eigenvalue weighted by Gasteiger charge is 2.26. The van der Waals surface area contributed by atoms with E-state index in [4.69, 9.17) is 9.72 Å². The molecule has 0 bridgehead atoms. The summed E-state index contributed by atoms with van der Waals surface area (Å²) in [5, 5.41) is 9.97. The molecule has 1 aromatic heterocycles. The van der Waals surface area contributed by atoms with Crippen molar-refractivity contribution in [2.75, 3.05) is 7.11 Å². The maximum Gasteiger partial charge on any atom is 0.140 e. The largest absolute Gasteiger partial charge is 0.496 e. The molecule has 4 rings (SSSR count). The van der Waals surface area contributed by atoms with Gasteiger partial charge in [-0.1, -0.05) is 99.8 Å². The van der Waals surface area contributed by atoms with Gasteiger partial charge in [0, 0.05) is 30.8 Å². The van der Waals surface area contributed by atoms with Crippen molar-refractivity contribution < 1.29 is 9.84 Å². The number of ether oxygens (including phenoxy) is 1. The quantitative estimate of drug-likeness (QED) is 0.172. The van der Waals surface area contributed by atoms with Crippen molar-refractivity contribution in [1.82, 2.24) is 14.5 Å². The first-order valence-electron chi connectivity index (χ1n) is 14.3. The first-order chi connectivity index (χ1) is 19.2. The van der Waals surface area contributed by atoms with Crippen LogP contribution < -0.4 is 4.74 Å². The molecule has 4 aromatic rings. The molecule has 3 aromatic carbocycles. The van der Waals surface area contributed by atoms with E-state index in [1.54, 1.807) is 7.11 Å². The zero-order valence-electron chi connectivity index (χ0n) is 23.7. The predicted molar refractivity (Wildman–Crippen MR) is 159 cm³/mol. The van der Waals surface area contributed by atoms with Crippen molar-refractivity contribution in [1.29, 1.82) is 0 Å². The van der Waals surface area contributed by atoms with Crippen LogP contribution in [0, 0.1) is 0 Å². The maximum atomic E-state index is 9.97. The Hall–Kier alpha value is -3.41. The van der Waals surface area contributed by atoms with Gasteiger partial charge < -0.3 is 14.4 Å². The second-order valence-corrected chi connectivity index (χ2v) is 10.2. The number of aliphatic hydroxyl groups excluding tert-OH is 1. The molecular formula is C34H43N3O2.